The van der Waals surface area contributed by atoms with Crippen LogP contribution in [0, 0.1) is 3.57 Å². The lowest BCUT2D eigenvalue weighted by Crippen LogP contribution is -2.42. The summed E-state index contributed by atoms with van der Waals surface area (Å²) >= 11 is 9.37. The molecular formula is C20H20Br2IN3O3. The van der Waals surface area contributed by atoms with Crippen molar-refractivity contribution in [1.82, 2.24) is 10.3 Å². The monoisotopic (exact) mass is 635 g/mol. The van der Waals surface area contributed by atoms with Gasteiger partial charge in [0.2, 0.25) is 0 Å². The Hall–Kier alpha value is -1.01. The number of carbonyl (C=O) groups excluding carboxylic acids is 1. The van der Waals surface area contributed by atoms with Crippen LogP contribution in [0.1, 0.15) is 11.1 Å². The third kappa shape index (κ3) is 7.32. The van der Waals surface area contributed by atoms with E-state index in [1.807, 2.05) is 29.2 Å². The maximum absolute atomic E-state index is 12.0. The van der Waals surface area contributed by atoms with Crippen molar-refractivity contribution >= 4 is 66.6 Å². The quantitative estimate of drug-likeness (QED) is 0.282. The van der Waals surface area contributed by atoms with Gasteiger partial charge in [0.05, 0.1) is 34.9 Å². The Morgan fingerprint density at radius 2 is 1.86 bits per heavy atom. The van der Waals surface area contributed by atoms with Gasteiger partial charge >= 0.3 is 0 Å². The molecule has 1 heterocycles. The molecule has 1 fully saturated rings. The molecule has 2 aromatic rings. The Labute approximate surface area is 200 Å². The predicted molar refractivity (Wildman–Crippen MR) is 128 cm³/mol. The molecule has 1 saturated heterocycles. The number of ether oxygens (including phenoxy) is 2. The zero-order chi connectivity index (χ0) is 20.6. The Kier molecular flexibility index (Phi) is 8.91. The molecule has 0 aliphatic carbocycles. The van der Waals surface area contributed by atoms with Crippen LogP contribution in [-0.4, -0.2) is 49.9 Å². The van der Waals surface area contributed by atoms with E-state index >= 15 is 0 Å². The molecule has 1 aliphatic heterocycles. The van der Waals surface area contributed by atoms with Gasteiger partial charge in [0.15, 0.2) is 0 Å². The van der Waals surface area contributed by atoms with E-state index in [4.69, 9.17) is 9.47 Å². The lowest BCUT2D eigenvalue weighted by Gasteiger charge is -2.25. The molecule has 0 saturated carbocycles. The Morgan fingerprint density at radius 1 is 1.21 bits per heavy atom. The first-order valence-corrected chi connectivity index (χ1v) is 11.7. The van der Waals surface area contributed by atoms with Crippen LogP contribution < -0.4 is 10.2 Å². The van der Waals surface area contributed by atoms with E-state index in [-0.39, 0.29) is 5.91 Å². The number of morpholine rings is 1. The summed E-state index contributed by atoms with van der Waals surface area (Å²) in [6.07, 6.45) is 1.61. The molecule has 154 valence electrons. The highest BCUT2D eigenvalue weighted by atomic mass is 127. The summed E-state index contributed by atoms with van der Waals surface area (Å²) in [4.78, 5) is 14.0. The standard InChI is InChI=1S/C20H20Br2IN3O3/c21-17-9-15(11-24-25-19(27)12-26-5-7-28-8-6-26)10-18(22)20(17)29-13-14-1-3-16(23)4-2-14/h1-4,9-11H,5-8,12-13H2,(H,25,27)/b24-11+. The van der Waals surface area contributed by atoms with Crippen molar-refractivity contribution in [3.8, 4) is 5.75 Å². The number of nitrogens with zero attached hydrogens (tertiary/aromatic N) is 2. The third-order valence-corrected chi connectivity index (χ3v) is 6.09. The van der Waals surface area contributed by atoms with Crippen molar-refractivity contribution in [2.75, 3.05) is 32.8 Å². The van der Waals surface area contributed by atoms with E-state index in [0.717, 1.165) is 38.9 Å². The Balaban J connectivity index is 1.54. The van der Waals surface area contributed by atoms with Crippen LogP contribution in [0.15, 0.2) is 50.4 Å². The summed E-state index contributed by atoms with van der Waals surface area (Å²) in [5.74, 6) is 0.579. The molecule has 0 atom stereocenters. The molecule has 0 spiro atoms. The van der Waals surface area contributed by atoms with Crippen LogP contribution in [0.4, 0.5) is 0 Å². The van der Waals surface area contributed by atoms with Crippen LogP contribution in [-0.2, 0) is 16.1 Å². The lowest BCUT2D eigenvalue weighted by molar-refractivity contribution is -0.123. The number of nitrogens with one attached hydrogen (secondary N) is 1. The fourth-order valence-electron chi connectivity index (χ4n) is 2.70. The van der Waals surface area contributed by atoms with Crippen molar-refractivity contribution in [2.24, 2.45) is 5.10 Å². The molecule has 6 nitrogen and oxygen atoms in total. The van der Waals surface area contributed by atoms with Gasteiger partial charge in [0.1, 0.15) is 12.4 Å². The van der Waals surface area contributed by atoms with Gasteiger partial charge in [-0.3, -0.25) is 9.69 Å². The lowest BCUT2D eigenvalue weighted by atomic mass is 10.2. The zero-order valence-corrected chi connectivity index (χ0v) is 20.9. The molecule has 0 bridgehead atoms. The number of rotatable bonds is 7. The number of halogens is 3. The average Bonchev–Trinajstić information content (AvgIpc) is 2.69. The number of hydrogen-bond donors (Lipinski definition) is 1. The van der Waals surface area contributed by atoms with Gasteiger partial charge in [0, 0.05) is 16.7 Å². The van der Waals surface area contributed by atoms with E-state index in [1.54, 1.807) is 6.21 Å². The van der Waals surface area contributed by atoms with Gasteiger partial charge in [-0.05, 0) is 89.8 Å². The molecule has 1 N–H and O–H groups in total. The van der Waals surface area contributed by atoms with E-state index in [1.165, 1.54) is 3.57 Å². The molecule has 0 unspecified atom stereocenters. The number of hydrogen-bond acceptors (Lipinski definition) is 5. The van der Waals surface area contributed by atoms with E-state index < -0.39 is 0 Å². The fraction of sp³-hybridized carbons (Fsp3) is 0.300. The van der Waals surface area contributed by atoms with Gasteiger partial charge in [-0.2, -0.15) is 5.10 Å². The summed E-state index contributed by atoms with van der Waals surface area (Å²) in [5.41, 5.74) is 4.49. The first kappa shape index (κ1) is 22.7. The normalized spacial score (nSPS) is 14.9. The Morgan fingerprint density at radius 3 is 2.52 bits per heavy atom. The van der Waals surface area contributed by atoms with Gasteiger partial charge in [0.25, 0.3) is 5.91 Å². The van der Waals surface area contributed by atoms with Gasteiger partial charge in [-0.25, -0.2) is 5.43 Å². The average molecular weight is 637 g/mol. The topological polar surface area (TPSA) is 63.2 Å². The summed E-state index contributed by atoms with van der Waals surface area (Å²) in [5, 5.41) is 4.06. The van der Waals surface area contributed by atoms with E-state index in [2.05, 4.69) is 77.1 Å². The summed E-state index contributed by atoms with van der Waals surface area (Å²) in [6.45, 7) is 3.65. The van der Waals surface area contributed by atoms with E-state index in [0.29, 0.717) is 26.4 Å². The number of carbonyl (C=O) groups is 1. The maximum Gasteiger partial charge on any atom is 0.254 e. The molecule has 3 rings (SSSR count). The second-order valence-electron chi connectivity index (χ2n) is 6.41. The second-order valence-corrected chi connectivity index (χ2v) is 9.36. The first-order valence-electron chi connectivity index (χ1n) is 8.99. The van der Waals surface area contributed by atoms with Crippen LogP contribution in [0.5, 0.6) is 5.75 Å². The predicted octanol–water partition coefficient (Wildman–Crippen LogP) is 4.18. The molecule has 2 aromatic carbocycles. The molecule has 29 heavy (non-hydrogen) atoms. The molecule has 9 heteroatoms. The smallest absolute Gasteiger partial charge is 0.254 e. The van der Waals surface area contributed by atoms with Crippen LogP contribution >= 0.6 is 54.5 Å². The van der Waals surface area contributed by atoms with Crippen molar-refractivity contribution in [3.63, 3.8) is 0 Å². The van der Waals surface area contributed by atoms with Crippen molar-refractivity contribution in [3.05, 3.63) is 60.0 Å². The van der Waals surface area contributed by atoms with Crippen molar-refractivity contribution in [2.45, 2.75) is 6.61 Å². The molecule has 0 radical (unpaired) electrons. The minimum Gasteiger partial charge on any atom is -0.487 e. The van der Waals surface area contributed by atoms with Gasteiger partial charge < -0.3 is 9.47 Å². The van der Waals surface area contributed by atoms with Gasteiger partial charge in [-0.1, -0.05) is 12.1 Å². The zero-order valence-electron chi connectivity index (χ0n) is 15.5. The largest absolute Gasteiger partial charge is 0.487 e. The van der Waals surface area contributed by atoms with Gasteiger partial charge in [-0.15, -0.1) is 0 Å². The Bertz CT molecular complexity index is 849. The minimum absolute atomic E-state index is 0.140. The number of hydrazone groups is 1. The van der Waals surface area contributed by atoms with Crippen LogP contribution in [0.3, 0.4) is 0 Å². The molecule has 1 aliphatic rings. The van der Waals surface area contributed by atoms with Crippen LogP contribution in [0.25, 0.3) is 0 Å². The van der Waals surface area contributed by atoms with E-state index in [9.17, 15) is 4.79 Å². The molecular weight excluding hydrogens is 617 g/mol. The number of benzene rings is 2. The minimum atomic E-state index is -0.140. The number of amides is 1. The highest BCUT2D eigenvalue weighted by Crippen LogP contribution is 2.35. The highest BCUT2D eigenvalue weighted by Gasteiger charge is 2.13. The fourth-order valence-corrected chi connectivity index (χ4v) is 4.51. The first-order chi connectivity index (χ1) is 14.0. The summed E-state index contributed by atoms with van der Waals surface area (Å²) < 4.78 is 14.0. The summed E-state index contributed by atoms with van der Waals surface area (Å²) in [7, 11) is 0. The third-order valence-electron chi connectivity index (χ3n) is 4.19. The van der Waals surface area contributed by atoms with Crippen LogP contribution in [0.2, 0.25) is 0 Å². The molecule has 0 aromatic heterocycles. The maximum atomic E-state index is 12.0. The highest BCUT2D eigenvalue weighted by molar-refractivity contribution is 14.1. The van der Waals surface area contributed by atoms with Crippen molar-refractivity contribution in [1.29, 1.82) is 0 Å². The van der Waals surface area contributed by atoms with Crippen molar-refractivity contribution < 1.29 is 14.3 Å². The second kappa shape index (κ2) is 11.4. The molecule has 1 amide bonds. The SMILES string of the molecule is O=C(CN1CCOCC1)N/N=C/c1cc(Br)c(OCc2ccc(I)cc2)c(Br)c1. The summed E-state index contributed by atoms with van der Waals surface area (Å²) in [6, 6.07) is 12.0.